The van der Waals surface area contributed by atoms with Crippen molar-refractivity contribution in [1.82, 2.24) is 9.80 Å². The van der Waals surface area contributed by atoms with Crippen molar-refractivity contribution in [3.8, 4) is 0 Å². The van der Waals surface area contributed by atoms with Crippen molar-refractivity contribution in [1.29, 1.82) is 0 Å². The Morgan fingerprint density at radius 1 is 1.09 bits per heavy atom. The number of carbonyl (C=O) groups excluding carboxylic acids is 1. The number of allylic oxidation sites excluding steroid dienone is 1. The van der Waals surface area contributed by atoms with Gasteiger partial charge in [0.25, 0.3) is 0 Å². The summed E-state index contributed by atoms with van der Waals surface area (Å²) in [5, 5.41) is 11.8. The SMILES string of the molecule is COCC(C)(COC)C(=O)N(C)CCCN(C)CC[C@]1(O)C[C@@H]2CC[C@@H]1C(c1ccccc1)=C2C. The van der Waals surface area contributed by atoms with Gasteiger partial charge in [-0.15, -0.1) is 0 Å². The monoisotopic (exact) mass is 486 g/mol. The number of hydrogen-bond acceptors (Lipinski definition) is 5. The summed E-state index contributed by atoms with van der Waals surface area (Å²) >= 11 is 0. The van der Waals surface area contributed by atoms with Crippen molar-refractivity contribution in [2.24, 2.45) is 17.3 Å². The second kappa shape index (κ2) is 12.0. The van der Waals surface area contributed by atoms with Gasteiger partial charge in [-0.25, -0.2) is 0 Å². The molecule has 6 nitrogen and oxygen atoms in total. The van der Waals surface area contributed by atoms with Crippen LogP contribution < -0.4 is 0 Å². The Balaban J connectivity index is 1.52. The molecule has 1 aromatic carbocycles. The molecule has 2 bridgehead atoms. The molecule has 0 radical (unpaired) electrons. The molecule has 196 valence electrons. The molecule has 1 N–H and O–H groups in total. The lowest BCUT2D eigenvalue weighted by atomic mass is 9.57. The molecule has 0 unspecified atom stereocenters. The average molecular weight is 487 g/mol. The minimum Gasteiger partial charge on any atom is -0.389 e. The number of fused-ring (bicyclic) bond motifs is 2. The van der Waals surface area contributed by atoms with E-state index in [1.165, 1.54) is 23.1 Å². The first-order valence-electron chi connectivity index (χ1n) is 13.1. The normalized spacial score (nSPS) is 24.3. The molecule has 1 fully saturated rings. The summed E-state index contributed by atoms with van der Waals surface area (Å²) in [5.74, 6) is 0.747. The number of carbonyl (C=O) groups is 1. The van der Waals surface area contributed by atoms with Gasteiger partial charge in [0.2, 0.25) is 5.91 Å². The maximum absolute atomic E-state index is 13.0. The minimum absolute atomic E-state index is 0.0481. The van der Waals surface area contributed by atoms with Gasteiger partial charge in [-0.1, -0.05) is 35.9 Å². The number of methoxy groups -OCH3 is 2. The van der Waals surface area contributed by atoms with Gasteiger partial charge in [0.05, 0.1) is 24.2 Å². The quantitative estimate of drug-likeness (QED) is 0.455. The molecular weight excluding hydrogens is 440 g/mol. The fourth-order valence-electron chi connectivity index (χ4n) is 6.35. The third kappa shape index (κ3) is 6.34. The van der Waals surface area contributed by atoms with E-state index in [9.17, 15) is 9.90 Å². The first-order valence-corrected chi connectivity index (χ1v) is 13.1. The van der Waals surface area contributed by atoms with Crippen LogP contribution in [0.5, 0.6) is 0 Å². The first kappa shape index (κ1) is 27.9. The lowest BCUT2D eigenvalue weighted by Crippen LogP contribution is -2.49. The molecule has 4 rings (SSSR count). The molecule has 35 heavy (non-hydrogen) atoms. The van der Waals surface area contributed by atoms with Gasteiger partial charge in [0.15, 0.2) is 0 Å². The molecule has 3 atom stereocenters. The van der Waals surface area contributed by atoms with Crippen LogP contribution >= 0.6 is 0 Å². The molecule has 0 heterocycles. The van der Waals surface area contributed by atoms with Gasteiger partial charge in [0.1, 0.15) is 0 Å². The Hall–Kier alpha value is -1.73. The zero-order chi connectivity index (χ0) is 25.6. The molecule has 3 aliphatic rings. The highest BCUT2D eigenvalue weighted by Crippen LogP contribution is 2.54. The molecular formula is C29H46N2O4. The van der Waals surface area contributed by atoms with Crippen LogP contribution in [0.3, 0.4) is 0 Å². The molecule has 0 aliphatic heterocycles. The number of hydrogen-bond donors (Lipinski definition) is 1. The number of ether oxygens (including phenoxy) is 2. The zero-order valence-corrected chi connectivity index (χ0v) is 22.7. The van der Waals surface area contributed by atoms with Crippen LogP contribution in [0.2, 0.25) is 0 Å². The van der Waals surface area contributed by atoms with Gasteiger partial charge in [0, 0.05) is 40.3 Å². The molecule has 0 saturated heterocycles. The number of aliphatic hydroxyl groups is 1. The zero-order valence-electron chi connectivity index (χ0n) is 22.7. The van der Waals surface area contributed by atoms with Crippen molar-refractivity contribution < 1.29 is 19.4 Å². The number of rotatable bonds is 13. The second-order valence-corrected chi connectivity index (χ2v) is 11.2. The third-order valence-corrected chi connectivity index (χ3v) is 8.27. The number of benzene rings is 1. The number of nitrogens with zero attached hydrogens (tertiary/aromatic N) is 2. The lowest BCUT2D eigenvalue weighted by Gasteiger charge is -2.51. The maximum atomic E-state index is 13.0. The predicted octanol–water partition coefficient (Wildman–Crippen LogP) is 4.09. The number of amides is 1. The van der Waals surface area contributed by atoms with Crippen molar-refractivity contribution in [3.63, 3.8) is 0 Å². The van der Waals surface area contributed by atoms with Crippen molar-refractivity contribution >= 4 is 11.5 Å². The Labute approximate surface area is 212 Å². The van der Waals surface area contributed by atoms with Gasteiger partial charge in [-0.2, -0.15) is 0 Å². The second-order valence-electron chi connectivity index (χ2n) is 11.2. The largest absolute Gasteiger partial charge is 0.389 e. The van der Waals surface area contributed by atoms with Gasteiger partial charge < -0.3 is 24.4 Å². The lowest BCUT2D eigenvalue weighted by molar-refractivity contribution is -0.146. The van der Waals surface area contributed by atoms with E-state index < -0.39 is 11.0 Å². The van der Waals surface area contributed by atoms with Crippen LogP contribution in [-0.2, 0) is 14.3 Å². The molecule has 0 spiro atoms. The fourth-order valence-corrected chi connectivity index (χ4v) is 6.35. The molecule has 1 aromatic rings. The van der Waals surface area contributed by atoms with Crippen LogP contribution in [0.4, 0.5) is 0 Å². The van der Waals surface area contributed by atoms with E-state index in [-0.39, 0.29) is 11.8 Å². The smallest absolute Gasteiger partial charge is 0.232 e. The van der Waals surface area contributed by atoms with Crippen LogP contribution in [0.15, 0.2) is 35.9 Å². The summed E-state index contributed by atoms with van der Waals surface area (Å²) in [6.45, 7) is 7.25. The van der Waals surface area contributed by atoms with E-state index in [4.69, 9.17) is 9.47 Å². The highest BCUT2D eigenvalue weighted by Gasteiger charge is 2.49. The third-order valence-electron chi connectivity index (χ3n) is 8.27. The van der Waals surface area contributed by atoms with E-state index in [2.05, 4.69) is 49.2 Å². The maximum Gasteiger partial charge on any atom is 0.232 e. The molecule has 3 aliphatic carbocycles. The molecule has 0 aromatic heterocycles. The Bertz CT molecular complexity index is 865. The van der Waals surface area contributed by atoms with E-state index in [0.29, 0.717) is 25.7 Å². The topological polar surface area (TPSA) is 62.2 Å². The predicted molar refractivity (Wildman–Crippen MR) is 141 cm³/mol. The van der Waals surface area contributed by atoms with Gasteiger partial charge in [-0.05, 0) is 76.6 Å². The average Bonchev–Trinajstić information content (AvgIpc) is 2.84. The Kier molecular flexibility index (Phi) is 9.55. The summed E-state index contributed by atoms with van der Waals surface area (Å²) in [6.07, 6.45) is 4.80. The standard InChI is InChI=1S/C29H46N2O4/c1-22-24-13-14-25(26(22)23-11-8-7-9-12-23)29(33,19-24)15-18-30(3)16-10-17-31(4)27(32)28(2,20-34-5)21-35-6/h7-9,11-12,24-25,33H,10,13-21H2,1-6H3/t24-,25+,29-/m0/s1. The summed E-state index contributed by atoms with van der Waals surface area (Å²) in [5.41, 5.74) is 2.82. The Morgan fingerprint density at radius 3 is 2.37 bits per heavy atom. The summed E-state index contributed by atoms with van der Waals surface area (Å²) in [6, 6.07) is 10.6. The fraction of sp³-hybridized carbons (Fsp3) is 0.690. The van der Waals surface area contributed by atoms with Crippen LogP contribution in [0.1, 0.15) is 51.5 Å². The minimum atomic E-state index is -0.671. The summed E-state index contributed by atoms with van der Waals surface area (Å²) in [4.78, 5) is 17.0. The molecule has 1 saturated carbocycles. The van der Waals surface area contributed by atoms with Gasteiger partial charge in [-0.3, -0.25) is 4.79 Å². The van der Waals surface area contributed by atoms with Crippen molar-refractivity contribution in [3.05, 3.63) is 41.5 Å². The van der Waals surface area contributed by atoms with Crippen LogP contribution in [-0.4, -0.2) is 87.6 Å². The van der Waals surface area contributed by atoms with Crippen molar-refractivity contribution in [2.45, 2.75) is 51.6 Å². The Morgan fingerprint density at radius 2 is 1.74 bits per heavy atom. The molecule has 6 heteroatoms. The van der Waals surface area contributed by atoms with E-state index >= 15 is 0 Å². The van der Waals surface area contributed by atoms with Crippen molar-refractivity contribution in [2.75, 3.05) is 61.2 Å². The van der Waals surface area contributed by atoms with E-state index in [1.807, 2.05) is 14.0 Å². The highest BCUT2D eigenvalue weighted by atomic mass is 16.5. The molecule has 1 amide bonds. The highest BCUT2D eigenvalue weighted by molar-refractivity contribution is 5.82. The summed E-state index contributed by atoms with van der Waals surface area (Å²) in [7, 11) is 7.20. The summed E-state index contributed by atoms with van der Waals surface area (Å²) < 4.78 is 10.5. The van der Waals surface area contributed by atoms with Gasteiger partial charge >= 0.3 is 0 Å². The van der Waals surface area contributed by atoms with Crippen LogP contribution in [0, 0.1) is 17.3 Å². The van der Waals surface area contributed by atoms with E-state index in [0.717, 1.165) is 38.8 Å². The van der Waals surface area contributed by atoms with Crippen LogP contribution in [0.25, 0.3) is 5.57 Å². The van der Waals surface area contributed by atoms with E-state index in [1.54, 1.807) is 19.1 Å². The first-order chi connectivity index (χ1) is 16.6.